The number of fused-ring (bicyclic) bond motifs is 12. The van der Waals surface area contributed by atoms with Crippen molar-refractivity contribution in [1.82, 2.24) is 0 Å². The lowest BCUT2D eigenvalue weighted by Crippen LogP contribution is -2.59. The molecule has 0 nitrogen and oxygen atoms in total. The Morgan fingerprint density at radius 1 is 0.558 bits per heavy atom. The van der Waals surface area contributed by atoms with Crippen molar-refractivity contribution in [2.75, 3.05) is 0 Å². The van der Waals surface area contributed by atoms with Crippen LogP contribution in [-0.4, -0.2) is 14.8 Å². The molecule has 2 heterocycles. The average Bonchev–Trinajstić information content (AvgIpc) is 3.36. The third-order valence-corrected chi connectivity index (χ3v) is 15.1. The van der Waals surface area contributed by atoms with Crippen molar-refractivity contribution in [2.45, 2.75) is 77.7 Å². The molecule has 0 unspecified atom stereocenters. The lowest BCUT2D eigenvalue weighted by Gasteiger charge is -2.38. The summed E-state index contributed by atoms with van der Waals surface area (Å²) in [5.74, 6) is 0. The molecule has 9 rings (SSSR count). The Morgan fingerprint density at radius 3 is 1.44 bits per heavy atom. The highest BCUT2D eigenvalue weighted by Gasteiger charge is 2.47. The van der Waals surface area contributed by atoms with Crippen LogP contribution in [0.25, 0.3) is 22.3 Å². The van der Waals surface area contributed by atoms with E-state index < -0.39 is 8.07 Å². The van der Waals surface area contributed by atoms with Gasteiger partial charge in [0.15, 0.2) is 0 Å². The Balaban J connectivity index is 1.36. The molecule has 0 aromatic heterocycles. The van der Waals surface area contributed by atoms with E-state index in [2.05, 4.69) is 156 Å². The van der Waals surface area contributed by atoms with E-state index in [1.54, 1.807) is 10.6 Å². The van der Waals surface area contributed by atoms with Gasteiger partial charge in [0.1, 0.15) is 0 Å². The van der Waals surface area contributed by atoms with Gasteiger partial charge < -0.3 is 0 Å². The number of rotatable bonds is 1. The molecule has 5 aromatic rings. The van der Waals surface area contributed by atoms with Crippen LogP contribution in [-0.2, 0) is 10.8 Å². The van der Waals surface area contributed by atoms with Crippen molar-refractivity contribution < 1.29 is 0 Å². The van der Waals surface area contributed by atoms with Crippen LogP contribution in [0.3, 0.4) is 0 Å². The molecule has 0 saturated heterocycles. The van der Waals surface area contributed by atoms with E-state index in [1.807, 2.05) is 0 Å². The van der Waals surface area contributed by atoms with Crippen molar-refractivity contribution in [2.24, 2.45) is 0 Å². The zero-order chi connectivity index (χ0) is 29.6. The minimum atomic E-state index is -1.55. The smallest absolute Gasteiger partial charge is 0.0908 e. The summed E-state index contributed by atoms with van der Waals surface area (Å²) in [5.41, 5.74) is 16.1. The van der Waals surface area contributed by atoms with Gasteiger partial charge in [0.25, 0.3) is 0 Å². The van der Waals surface area contributed by atoms with Crippen LogP contribution in [0.4, 0.5) is 0 Å². The monoisotopic (exact) mass is 606 g/mol. The van der Waals surface area contributed by atoms with Crippen LogP contribution in [0.15, 0.2) is 105 Å². The predicted octanol–water partition coefficient (Wildman–Crippen LogP) is 8.29. The van der Waals surface area contributed by atoms with E-state index in [0.717, 1.165) is 0 Å². The molecule has 0 spiro atoms. The topological polar surface area (TPSA) is 0 Å². The van der Waals surface area contributed by atoms with Gasteiger partial charge in [0, 0.05) is 30.4 Å². The quantitative estimate of drug-likeness (QED) is 0.173. The molecular weight excluding hydrogens is 571 g/mol. The molecule has 5 aromatic carbocycles. The molecule has 2 aliphatic carbocycles. The Morgan fingerprint density at radius 2 is 1.00 bits per heavy atom. The number of benzene rings is 5. The molecular formula is C39H35BS2Si. The first kappa shape index (κ1) is 26.5. The zero-order valence-electron chi connectivity index (χ0n) is 26.0. The summed E-state index contributed by atoms with van der Waals surface area (Å²) in [6.45, 7) is 17.5. The molecule has 210 valence electrons. The maximum atomic E-state index is 2.58. The second kappa shape index (κ2) is 8.41. The first-order valence-corrected chi connectivity index (χ1v) is 20.7. The second-order valence-corrected chi connectivity index (χ2v) is 22.1. The maximum absolute atomic E-state index is 2.58. The largest absolute Gasteiger partial charge is 0.247 e. The SMILES string of the molecule is CC1(C)c2ccccc2-c2ccc3c(c21)Sc1cc([Si](C)(C)C)cc2c1B3c1ccc3c(c1S2)C(C)(C)c1ccccc1-3. The van der Waals surface area contributed by atoms with E-state index in [-0.39, 0.29) is 17.5 Å². The van der Waals surface area contributed by atoms with Crippen LogP contribution in [0.1, 0.15) is 49.9 Å². The third-order valence-electron chi connectivity index (χ3n) is 10.7. The van der Waals surface area contributed by atoms with Gasteiger partial charge in [-0.25, -0.2) is 0 Å². The van der Waals surface area contributed by atoms with E-state index in [1.165, 1.54) is 75.0 Å². The zero-order valence-corrected chi connectivity index (χ0v) is 28.6. The van der Waals surface area contributed by atoms with Crippen LogP contribution in [0.5, 0.6) is 0 Å². The van der Waals surface area contributed by atoms with Gasteiger partial charge in [-0.2, -0.15) is 0 Å². The lowest BCUT2D eigenvalue weighted by molar-refractivity contribution is 0.647. The van der Waals surface area contributed by atoms with E-state index in [4.69, 9.17) is 0 Å². The van der Waals surface area contributed by atoms with Gasteiger partial charge >= 0.3 is 0 Å². The fourth-order valence-electron chi connectivity index (χ4n) is 8.54. The molecule has 0 bridgehead atoms. The summed E-state index contributed by atoms with van der Waals surface area (Å²) < 4.78 is 0. The number of hydrogen-bond acceptors (Lipinski definition) is 2. The van der Waals surface area contributed by atoms with E-state index in [9.17, 15) is 0 Å². The lowest BCUT2D eigenvalue weighted by atomic mass is 9.36. The van der Waals surface area contributed by atoms with Crippen molar-refractivity contribution in [3.05, 3.63) is 107 Å². The molecule has 0 atom stereocenters. The second-order valence-electron chi connectivity index (χ2n) is 14.9. The Hall–Kier alpha value is -2.92. The number of hydrogen-bond donors (Lipinski definition) is 0. The van der Waals surface area contributed by atoms with Crippen molar-refractivity contribution in [1.29, 1.82) is 0 Å². The highest BCUT2D eigenvalue weighted by atomic mass is 32.2. The molecule has 0 amide bonds. The molecule has 0 radical (unpaired) electrons. The van der Waals surface area contributed by atoms with E-state index in [0.29, 0.717) is 0 Å². The molecule has 2 aliphatic heterocycles. The molecule has 4 heteroatoms. The summed E-state index contributed by atoms with van der Waals surface area (Å²) >= 11 is 4.11. The first-order chi connectivity index (χ1) is 20.5. The van der Waals surface area contributed by atoms with Crippen molar-refractivity contribution in [3.8, 4) is 22.3 Å². The molecule has 0 saturated carbocycles. The highest BCUT2D eigenvalue weighted by molar-refractivity contribution is 8.01. The van der Waals surface area contributed by atoms with Crippen molar-refractivity contribution >= 4 is 59.9 Å². The maximum Gasteiger partial charge on any atom is 0.247 e. The van der Waals surface area contributed by atoms with Crippen LogP contribution in [0.2, 0.25) is 19.6 Å². The van der Waals surface area contributed by atoms with Gasteiger partial charge in [-0.05, 0) is 62.1 Å². The van der Waals surface area contributed by atoms with Crippen LogP contribution >= 0.6 is 23.5 Å². The van der Waals surface area contributed by atoms with Gasteiger partial charge in [0.05, 0.1) is 8.07 Å². The summed E-state index contributed by atoms with van der Waals surface area (Å²) in [6.07, 6.45) is 0. The average molecular weight is 607 g/mol. The Labute approximate surface area is 265 Å². The molecule has 0 fully saturated rings. The fraction of sp³-hybridized carbons (Fsp3) is 0.231. The minimum absolute atomic E-state index is 0.0329. The Kier molecular flexibility index (Phi) is 5.18. The molecule has 0 N–H and O–H groups in total. The first-order valence-electron chi connectivity index (χ1n) is 15.6. The molecule has 43 heavy (non-hydrogen) atoms. The predicted molar refractivity (Wildman–Crippen MR) is 190 cm³/mol. The third kappa shape index (κ3) is 3.33. The highest BCUT2D eigenvalue weighted by Crippen LogP contribution is 2.55. The summed E-state index contributed by atoms with van der Waals surface area (Å²) in [4.78, 5) is 5.95. The van der Waals surface area contributed by atoms with Crippen LogP contribution in [0, 0.1) is 0 Å². The van der Waals surface area contributed by atoms with Gasteiger partial charge in [-0.1, -0.05) is 160 Å². The minimum Gasteiger partial charge on any atom is -0.0908 e. The molecule has 4 aliphatic rings. The summed E-state index contributed by atoms with van der Waals surface area (Å²) in [6, 6.07) is 33.2. The van der Waals surface area contributed by atoms with Crippen LogP contribution < -0.4 is 21.6 Å². The van der Waals surface area contributed by atoms with E-state index >= 15 is 0 Å². The fourth-order valence-corrected chi connectivity index (χ4v) is 13.0. The van der Waals surface area contributed by atoms with Gasteiger partial charge in [0.2, 0.25) is 6.71 Å². The summed E-state index contributed by atoms with van der Waals surface area (Å²) in [5, 5.41) is 1.57. The normalized spacial score (nSPS) is 17.3. The summed E-state index contributed by atoms with van der Waals surface area (Å²) in [7, 11) is -1.55. The standard InChI is InChI=1S/C39H35BS2Si/c1-38(2)27-14-10-8-12-23(27)25-16-18-29-36(33(25)38)41-31-20-22(43(5,6)7)21-32-35(31)40(29)30-19-17-26-24-13-9-11-15-28(24)39(3,4)34(26)37(30)42-32/h8-21H,1-7H3. The van der Waals surface area contributed by atoms with Gasteiger partial charge in [-0.15, -0.1) is 0 Å². The van der Waals surface area contributed by atoms with Gasteiger partial charge in [-0.3, -0.25) is 0 Å². The Bertz CT molecular complexity index is 1940. The van der Waals surface area contributed by atoms with Crippen molar-refractivity contribution in [3.63, 3.8) is 0 Å².